The van der Waals surface area contributed by atoms with E-state index < -0.39 is 0 Å². The summed E-state index contributed by atoms with van der Waals surface area (Å²) >= 11 is 5.94. The van der Waals surface area contributed by atoms with E-state index in [-0.39, 0.29) is 11.1 Å². The lowest BCUT2D eigenvalue weighted by Gasteiger charge is -2.10. The number of aromatic nitrogens is 1. The van der Waals surface area contributed by atoms with Crippen LogP contribution in [-0.2, 0) is 0 Å². The molecule has 3 N–H and O–H groups in total. The van der Waals surface area contributed by atoms with E-state index in [4.69, 9.17) is 22.1 Å². The number of aryl methyl sites for hydroxylation is 1. The van der Waals surface area contributed by atoms with Crippen LogP contribution in [0.25, 0.3) is 0 Å². The Morgan fingerprint density at radius 1 is 1.40 bits per heavy atom. The number of nitrogens with zero attached hydrogens (tertiary/aromatic N) is 1. The van der Waals surface area contributed by atoms with E-state index in [0.717, 1.165) is 5.56 Å². The second kappa shape index (κ2) is 5.79. The van der Waals surface area contributed by atoms with Gasteiger partial charge in [0.2, 0.25) is 0 Å². The summed E-state index contributed by atoms with van der Waals surface area (Å²) in [5.41, 5.74) is 7.82. The van der Waals surface area contributed by atoms with Crippen molar-refractivity contribution in [2.45, 2.75) is 6.92 Å². The van der Waals surface area contributed by atoms with Crippen molar-refractivity contribution in [3.05, 3.63) is 46.7 Å². The van der Waals surface area contributed by atoms with Crippen molar-refractivity contribution in [1.29, 1.82) is 0 Å². The molecule has 20 heavy (non-hydrogen) atoms. The van der Waals surface area contributed by atoms with Crippen LogP contribution >= 0.6 is 11.6 Å². The van der Waals surface area contributed by atoms with Crippen LogP contribution < -0.4 is 15.8 Å². The fourth-order valence-corrected chi connectivity index (χ4v) is 1.84. The molecule has 0 atom stereocenters. The minimum absolute atomic E-state index is 0.227. The van der Waals surface area contributed by atoms with Crippen molar-refractivity contribution >= 4 is 28.9 Å². The molecule has 0 fully saturated rings. The van der Waals surface area contributed by atoms with Crippen LogP contribution in [0.1, 0.15) is 15.9 Å². The highest BCUT2D eigenvalue weighted by atomic mass is 35.5. The minimum Gasteiger partial charge on any atom is -0.497 e. The van der Waals surface area contributed by atoms with Crippen LogP contribution in [0.15, 0.2) is 30.5 Å². The van der Waals surface area contributed by atoms with Crippen molar-refractivity contribution < 1.29 is 9.53 Å². The van der Waals surface area contributed by atoms with Gasteiger partial charge in [-0.05, 0) is 36.8 Å². The van der Waals surface area contributed by atoms with Crippen LogP contribution in [-0.4, -0.2) is 18.0 Å². The average Bonchev–Trinajstić information content (AvgIpc) is 2.43. The second-order valence-electron chi connectivity index (χ2n) is 4.26. The number of nitrogens with one attached hydrogen (secondary N) is 1. The first kappa shape index (κ1) is 14.1. The summed E-state index contributed by atoms with van der Waals surface area (Å²) in [5, 5.41) is 2.92. The van der Waals surface area contributed by atoms with E-state index >= 15 is 0 Å². The van der Waals surface area contributed by atoms with Crippen molar-refractivity contribution in [1.82, 2.24) is 4.98 Å². The van der Waals surface area contributed by atoms with Gasteiger partial charge in [0.1, 0.15) is 5.75 Å². The molecule has 1 aromatic heterocycles. The molecule has 1 amide bonds. The number of rotatable bonds is 3. The predicted octanol–water partition coefficient (Wildman–Crippen LogP) is 2.89. The van der Waals surface area contributed by atoms with E-state index in [0.29, 0.717) is 22.7 Å². The van der Waals surface area contributed by atoms with Crippen LogP contribution in [0.4, 0.5) is 11.4 Å². The third-order valence-corrected chi connectivity index (χ3v) is 3.03. The highest BCUT2D eigenvalue weighted by Gasteiger charge is 2.13. The lowest BCUT2D eigenvalue weighted by Crippen LogP contribution is -2.14. The molecule has 1 aromatic carbocycles. The fraction of sp³-hybridized carbons (Fsp3) is 0.143. The maximum Gasteiger partial charge on any atom is 0.257 e. The number of benzene rings is 1. The topological polar surface area (TPSA) is 77.2 Å². The fourth-order valence-electron chi connectivity index (χ4n) is 1.69. The summed E-state index contributed by atoms with van der Waals surface area (Å²) in [4.78, 5) is 16.2. The van der Waals surface area contributed by atoms with Gasteiger partial charge in [-0.3, -0.25) is 4.79 Å². The first-order chi connectivity index (χ1) is 9.51. The standard InChI is InChI=1S/C14H14ClN3O2/c1-8-5-12(13(15)17-7-8)18-14(19)10-6-9(20-2)3-4-11(10)16/h3-7H,16H2,1-2H3,(H,18,19). The largest absolute Gasteiger partial charge is 0.497 e. The zero-order valence-corrected chi connectivity index (χ0v) is 11.9. The summed E-state index contributed by atoms with van der Waals surface area (Å²) in [6.07, 6.45) is 1.62. The van der Waals surface area contributed by atoms with Gasteiger partial charge in [-0.25, -0.2) is 4.98 Å². The smallest absolute Gasteiger partial charge is 0.257 e. The second-order valence-corrected chi connectivity index (χ2v) is 4.62. The predicted molar refractivity (Wildman–Crippen MR) is 79.3 cm³/mol. The molecule has 0 unspecified atom stereocenters. The van der Waals surface area contributed by atoms with E-state index in [9.17, 15) is 4.79 Å². The average molecular weight is 292 g/mol. The maximum absolute atomic E-state index is 12.2. The van der Waals surface area contributed by atoms with Crippen LogP contribution in [0.2, 0.25) is 5.15 Å². The number of nitrogen functional groups attached to an aromatic ring is 1. The molecule has 2 rings (SSSR count). The van der Waals surface area contributed by atoms with Gasteiger partial charge < -0.3 is 15.8 Å². The molecule has 0 bridgehead atoms. The highest BCUT2D eigenvalue weighted by molar-refractivity contribution is 6.32. The summed E-state index contributed by atoms with van der Waals surface area (Å²) in [6, 6.07) is 6.61. The number of pyridine rings is 1. The number of hydrogen-bond acceptors (Lipinski definition) is 4. The van der Waals surface area contributed by atoms with Crippen molar-refractivity contribution in [2.24, 2.45) is 0 Å². The Kier molecular flexibility index (Phi) is 4.10. The van der Waals surface area contributed by atoms with Gasteiger partial charge in [-0.2, -0.15) is 0 Å². The molecule has 5 nitrogen and oxygen atoms in total. The maximum atomic E-state index is 12.2. The third kappa shape index (κ3) is 3.00. The molecule has 0 saturated heterocycles. The first-order valence-corrected chi connectivity index (χ1v) is 6.26. The number of halogens is 1. The Bertz CT molecular complexity index is 659. The summed E-state index contributed by atoms with van der Waals surface area (Å²) < 4.78 is 5.08. The monoisotopic (exact) mass is 291 g/mol. The molecule has 6 heteroatoms. The molecule has 104 valence electrons. The van der Waals surface area contributed by atoms with E-state index in [2.05, 4.69) is 10.3 Å². The Morgan fingerprint density at radius 2 is 2.15 bits per heavy atom. The van der Waals surface area contributed by atoms with Gasteiger partial charge in [0, 0.05) is 11.9 Å². The van der Waals surface area contributed by atoms with Gasteiger partial charge in [-0.15, -0.1) is 0 Å². The van der Waals surface area contributed by atoms with E-state index in [1.54, 1.807) is 30.5 Å². The Hall–Kier alpha value is -2.27. The summed E-state index contributed by atoms with van der Waals surface area (Å²) in [5.74, 6) is 0.188. The molecular formula is C14H14ClN3O2. The van der Waals surface area contributed by atoms with E-state index in [1.807, 2.05) is 6.92 Å². The number of carbonyl (C=O) groups is 1. The number of anilines is 2. The number of ether oxygens (including phenoxy) is 1. The van der Waals surface area contributed by atoms with Gasteiger partial charge in [0.15, 0.2) is 5.15 Å². The number of nitrogens with two attached hydrogens (primary N) is 1. The molecule has 0 radical (unpaired) electrons. The quantitative estimate of drug-likeness (QED) is 0.673. The van der Waals surface area contributed by atoms with Crippen molar-refractivity contribution in [3.63, 3.8) is 0 Å². The first-order valence-electron chi connectivity index (χ1n) is 5.88. The number of amides is 1. The SMILES string of the molecule is COc1ccc(N)c(C(=O)Nc2cc(C)cnc2Cl)c1. The normalized spacial score (nSPS) is 10.2. The number of carbonyl (C=O) groups excluding carboxylic acids is 1. The van der Waals surface area contributed by atoms with Gasteiger partial charge in [0.25, 0.3) is 5.91 Å². The molecule has 0 aliphatic carbocycles. The Labute approximate surface area is 121 Å². The zero-order chi connectivity index (χ0) is 14.7. The Morgan fingerprint density at radius 3 is 2.85 bits per heavy atom. The molecule has 1 heterocycles. The van der Waals surface area contributed by atoms with Crippen molar-refractivity contribution in [2.75, 3.05) is 18.2 Å². The van der Waals surface area contributed by atoms with Crippen LogP contribution in [0, 0.1) is 6.92 Å². The van der Waals surface area contributed by atoms with Gasteiger partial charge >= 0.3 is 0 Å². The highest BCUT2D eigenvalue weighted by Crippen LogP contribution is 2.24. The summed E-state index contributed by atoms with van der Waals surface area (Å²) in [7, 11) is 1.52. The van der Waals surface area contributed by atoms with Crippen LogP contribution in [0.3, 0.4) is 0 Å². The zero-order valence-electron chi connectivity index (χ0n) is 11.1. The summed E-state index contributed by atoms with van der Waals surface area (Å²) in [6.45, 7) is 1.86. The minimum atomic E-state index is -0.365. The lowest BCUT2D eigenvalue weighted by molar-refractivity contribution is 0.102. The van der Waals surface area contributed by atoms with Gasteiger partial charge in [-0.1, -0.05) is 11.6 Å². The van der Waals surface area contributed by atoms with Gasteiger partial charge in [0.05, 0.1) is 18.4 Å². The lowest BCUT2D eigenvalue weighted by atomic mass is 10.1. The molecular weight excluding hydrogens is 278 g/mol. The molecule has 0 aliphatic rings. The molecule has 0 spiro atoms. The molecule has 2 aromatic rings. The molecule has 0 saturated carbocycles. The molecule has 0 aliphatic heterocycles. The number of methoxy groups -OCH3 is 1. The van der Waals surface area contributed by atoms with Crippen molar-refractivity contribution in [3.8, 4) is 5.75 Å². The van der Waals surface area contributed by atoms with E-state index in [1.165, 1.54) is 7.11 Å². The van der Waals surface area contributed by atoms with Crippen LogP contribution in [0.5, 0.6) is 5.75 Å². The number of hydrogen-bond donors (Lipinski definition) is 2. The third-order valence-electron chi connectivity index (χ3n) is 2.73. The Balaban J connectivity index is 2.30.